The molecule has 21 heavy (non-hydrogen) atoms. The lowest BCUT2D eigenvalue weighted by Crippen LogP contribution is -2.01. The van der Waals surface area contributed by atoms with Crippen LogP contribution >= 0.6 is 38.5 Å². The zero-order chi connectivity index (χ0) is 15.6. The number of hydrogen-bond donors (Lipinski definition) is 2. The van der Waals surface area contributed by atoms with Gasteiger partial charge in [-0.3, -0.25) is 10.1 Å². The lowest BCUT2D eigenvalue weighted by Gasteiger charge is -2.09. The van der Waals surface area contributed by atoms with Gasteiger partial charge in [0.25, 0.3) is 5.69 Å². The predicted octanol–water partition coefficient (Wildman–Crippen LogP) is 4.40. The first-order chi connectivity index (χ1) is 9.88. The van der Waals surface area contributed by atoms with Crippen LogP contribution < -0.4 is 5.32 Å². The fourth-order valence-electron chi connectivity index (χ4n) is 1.68. The highest BCUT2D eigenvalue weighted by Crippen LogP contribution is 2.30. The number of nitrogens with one attached hydrogen (secondary N) is 1. The number of rotatable bonds is 4. The molecule has 0 spiro atoms. The summed E-state index contributed by atoms with van der Waals surface area (Å²) >= 11 is 5.13. The molecule has 0 saturated heterocycles. The van der Waals surface area contributed by atoms with E-state index in [1.54, 1.807) is 24.3 Å². The molecule has 0 aliphatic rings. The highest BCUT2D eigenvalue weighted by atomic mass is 127. The Kier molecular flexibility index (Phi) is 4.78. The highest BCUT2D eigenvalue weighted by molar-refractivity contribution is 14.1. The van der Waals surface area contributed by atoms with Gasteiger partial charge in [0.2, 0.25) is 0 Å². The number of nitro groups is 1. The fraction of sp³-hybridized carbons (Fsp3) is 0. The van der Waals surface area contributed by atoms with E-state index in [1.165, 1.54) is 12.1 Å². The molecule has 2 aromatic carbocycles. The van der Waals surface area contributed by atoms with Gasteiger partial charge in [0.15, 0.2) is 0 Å². The van der Waals surface area contributed by atoms with Crippen molar-refractivity contribution in [3.05, 3.63) is 60.1 Å². The van der Waals surface area contributed by atoms with E-state index in [0.29, 0.717) is 15.8 Å². The molecule has 0 fully saturated rings. The average Bonchev–Trinajstić information content (AvgIpc) is 2.42. The standard InChI is InChI=1S/C13H8BrIN2O4/c14-10-3-2-8(6-9(10)13(18)19)16-11-4-1-7(15)5-12(11)17(20)21/h1-6,16H,(H,18,19). The second kappa shape index (κ2) is 6.39. The molecule has 2 rings (SSSR count). The Bertz CT molecular complexity index is 736. The second-order valence-electron chi connectivity index (χ2n) is 4.04. The molecule has 6 nitrogen and oxygen atoms in total. The van der Waals surface area contributed by atoms with Crippen LogP contribution in [0.15, 0.2) is 40.9 Å². The first-order valence-electron chi connectivity index (χ1n) is 5.62. The van der Waals surface area contributed by atoms with Gasteiger partial charge < -0.3 is 10.4 Å². The molecule has 0 aromatic heterocycles. The van der Waals surface area contributed by atoms with E-state index in [2.05, 4.69) is 21.2 Å². The minimum atomic E-state index is -1.08. The van der Waals surface area contributed by atoms with E-state index < -0.39 is 10.9 Å². The molecule has 0 atom stereocenters. The van der Waals surface area contributed by atoms with Crippen molar-refractivity contribution in [2.45, 2.75) is 0 Å². The summed E-state index contributed by atoms with van der Waals surface area (Å²) in [4.78, 5) is 21.6. The molecule has 0 aliphatic carbocycles. The molecule has 0 saturated carbocycles. The second-order valence-corrected chi connectivity index (χ2v) is 6.14. The van der Waals surface area contributed by atoms with E-state index in [1.807, 2.05) is 22.6 Å². The summed E-state index contributed by atoms with van der Waals surface area (Å²) < 4.78 is 1.18. The van der Waals surface area contributed by atoms with Crippen molar-refractivity contribution in [3.63, 3.8) is 0 Å². The Morgan fingerprint density at radius 1 is 1.29 bits per heavy atom. The summed E-state index contributed by atoms with van der Waals surface area (Å²) in [6.45, 7) is 0. The maximum absolute atomic E-state index is 11.1. The smallest absolute Gasteiger partial charge is 0.336 e. The maximum atomic E-state index is 11.1. The van der Waals surface area contributed by atoms with E-state index in [9.17, 15) is 14.9 Å². The van der Waals surface area contributed by atoms with Crippen LogP contribution in [0.1, 0.15) is 10.4 Å². The maximum Gasteiger partial charge on any atom is 0.336 e. The zero-order valence-corrected chi connectivity index (χ0v) is 14.1. The molecule has 0 amide bonds. The molecule has 0 bridgehead atoms. The number of carboxylic acids is 1. The summed E-state index contributed by atoms with van der Waals surface area (Å²) in [7, 11) is 0. The van der Waals surface area contributed by atoms with Gasteiger partial charge in [-0.25, -0.2) is 4.79 Å². The van der Waals surface area contributed by atoms with Crippen LogP contribution in [0.4, 0.5) is 17.1 Å². The van der Waals surface area contributed by atoms with Crippen molar-refractivity contribution in [1.82, 2.24) is 0 Å². The highest BCUT2D eigenvalue weighted by Gasteiger charge is 2.15. The number of carbonyl (C=O) groups is 1. The number of nitro benzene ring substituents is 1. The van der Waals surface area contributed by atoms with Gasteiger partial charge in [-0.05, 0) is 68.9 Å². The summed E-state index contributed by atoms with van der Waals surface area (Å²) in [5, 5.41) is 23.0. The van der Waals surface area contributed by atoms with Crippen LogP contribution in [-0.2, 0) is 0 Å². The van der Waals surface area contributed by atoms with Crippen LogP contribution in [0.25, 0.3) is 0 Å². The quantitative estimate of drug-likeness (QED) is 0.399. The Labute approximate surface area is 141 Å². The van der Waals surface area contributed by atoms with Crippen LogP contribution in [0.5, 0.6) is 0 Å². The third kappa shape index (κ3) is 3.70. The number of carboxylic acid groups (broad SMARTS) is 1. The van der Waals surface area contributed by atoms with Gasteiger partial charge in [-0.15, -0.1) is 0 Å². The van der Waals surface area contributed by atoms with E-state index >= 15 is 0 Å². The molecular formula is C13H8BrIN2O4. The van der Waals surface area contributed by atoms with Crippen molar-refractivity contribution < 1.29 is 14.8 Å². The molecule has 8 heteroatoms. The van der Waals surface area contributed by atoms with Gasteiger partial charge in [0.05, 0.1) is 10.5 Å². The molecule has 2 aromatic rings. The molecule has 108 valence electrons. The van der Waals surface area contributed by atoms with Crippen molar-refractivity contribution in [2.75, 3.05) is 5.32 Å². The fourth-order valence-corrected chi connectivity index (χ4v) is 2.57. The Morgan fingerprint density at radius 2 is 2.00 bits per heavy atom. The summed E-state index contributed by atoms with van der Waals surface area (Å²) in [5.41, 5.74) is 0.772. The Hall–Kier alpha value is -1.68. The first kappa shape index (κ1) is 15.7. The third-order valence-corrected chi connectivity index (χ3v) is 3.99. The molecule has 0 radical (unpaired) electrons. The third-order valence-electron chi connectivity index (χ3n) is 2.63. The van der Waals surface area contributed by atoms with E-state index in [4.69, 9.17) is 5.11 Å². The molecule has 0 heterocycles. The summed E-state index contributed by atoms with van der Waals surface area (Å²) in [6.07, 6.45) is 0. The molecular weight excluding hydrogens is 455 g/mol. The van der Waals surface area contributed by atoms with Gasteiger partial charge in [0, 0.05) is 19.8 Å². The topological polar surface area (TPSA) is 92.5 Å². The van der Waals surface area contributed by atoms with Crippen molar-refractivity contribution in [3.8, 4) is 0 Å². The minimum Gasteiger partial charge on any atom is -0.478 e. The van der Waals surface area contributed by atoms with Crippen LogP contribution in [-0.4, -0.2) is 16.0 Å². The largest absolute Gasteiger partial charge is 0.478 e. The summed E-state index contributed by atoms with van der Waals surface area (Å²) in [5.74, 6) is -1.08. The number of halogens is 2. The molecule has 0 unspecified atom stereocenters. The Balaban J connectivity index is 2.41. The SMILES string of the molecule is O=C(O)c1cc(Nc2ccc(I)cc2[N+](=O)[O-])ccc1Br. The number of nitrogens with zero attached hydrogens (tertiary/aromatic N) is 1. The minimum absolute atomic E-state index is 0.0679. The lowest BCUT2D eigenvalue weighted by atomic mass is 10.2. The predicted molar refractivity (Wildman–Crippen MR) is 90.2 cm³/mol. The van der Waals surface area contributed by atoms with E-state index in [-0.39, 0.29) is 11.3 Å². The zero-order valence-electron chi connectivity index (χ0n) is 10.3. The molecule has 0 aliphatic heterocycles. The van der Waals surface area contributed by atoms with Gasteiger partial charge in [-0.1, -0.05) is 0 Å². The van der Waals surface area contributed by atoms with Crippen molar-refractivity contribution in [1.29, 1.82) is 0 Å². The lowest BCUT2D eigenvalue weighted by molar-refractivity contribution is -0.384. The number of anilines is 2. The van der Waals surface area contributed by atoms with Crippen LogP contribution in [0.2, 0.25) is 0 Å². The number of aromatic carboxylic acids is 1. The first-order valence-corrected chi connectivity index (χ1v) is 7.49. The van der Waals surface area contributed by atoms with Gasteiger partial charge in [-0.2, -0.15) is 0 Å². The van der Waals surface area contributed by atoms with Crippen molar-refractivity contribution >= 4 is 61.6 Å². The van der Waals surface area contributed by atoms with Gasteiger partial charge >= 0.3 is 5.97 Å². The normalized spacial score (nSPS) is 10.2. The van der Waals surface area contributed by atoms with Gasteiger partial charge in [0.1, 0.15) is 5.69 Å². The Morgan fingerprint density at radius 3 is 2.62 bits per heavy atom. The monoisotopic (exact) mass is 462 g/mol. The van der Waals surface area contributed by atoms with Crippen molar-refractivity contribution in [2.24, 2.45) is 0 Å². The summed E-state index contributed by atoms with van der Waals surface area (Å²) in [6, 6.07) is 9.38. The average molecular weight is 463 g/mol. The van der Waals surface area contributed by atoms with Crippen LogP contribution in [0, 0.1) is 13.7 Å². The van der Waals surface area contributed by atoms with E-state index in [0.717, 1.165) is 3.57 Å². The number of hydrogen-bond acceptors (Lipinski definition) is 4. The number of benzene rings is 2. The van der Waals surface area contributed by atoms with Crippen LogP contribution in [0.3, 0.4) is 0 Å². The molecule has 2 N–H and O–H groups in total.